The van der Waals surface area contributed by atoms with Crippen LogP contribution in [0.4, 0.5) is 5.69 Å². The van der Waals surface area contributed by atoms with Crippen molar-refractivity contribution in [1.29, 1.82) is 0 Å². The van der Waals surface area contributed by atoms with Gasteiger partial charge in [-0.2, -0.15) is 0 Å². The number of aromatic nitrogens is 1. The molecule has 1 aromatic heterocycles. The Morgan fingerprint density at radius 3 is 2.68 bits per heavy atom. The molecule has 0 spiro atoms. The van der Waals surface area contributed by atoms with Crippen molar-refractivity contribution in [3.63, 3.8) is 0 Å². The number of hydrogen-bond donors (Lipinski definition) is 1. The molecule has 98 valence electrons. The fraction of sp³-hybridized carbons (Fsp3) is 0.353. The van der Waals surface area contributed by atoms with Crippen molar-refractivity contribution in [1.82, 2.24) is 4.98 Å². The van der Waals surface area contributed by atoms with Crippen LogP contribution in [0.25, 0.3) is 0 Å². The van der Waals surface area contributed by atoms with E-state index in [-0.39, 0.29) is 0 Å². The van der Waals surface area contributed by atoms with Gasteiger partial charge in [0.1, 0.15) is 0 Å². The van der Waals surface area contributed by atoms with E-state index in [1.165, 1.54) is 24.1 Å². The van der Waals surface area contributed by atoms with Crippen molar-refractivity contribution in [2.45, 2.75) is 32.2 Å². The monoisotopic (exact) mass is 252 g/mol. The molecule has 1 fully saturated rings. The first-order valence-corrected chi connectivity index (χ1v) is 7.04. The molecule has 19 heavy (non-hydrogen) atoms. The predicted octanol–water partition coefficient (Wildman–Crippen LogP) is 3.82. The maximum atomic E-state index is 4.25. The highest BCUT2D eigenvalue weighted by molar-refractivity contribution is 5.44. The van der Waals surface area contributed by atoms with Gasteiger partial charge < -0.3 is 5.32 Å². The number of nitrogens with zero attached hydrogens (tertiary/aromatic N) is 1. The zero-order valence-corrected chi connectivity index (χ0v) is 11.3. The van der Waals surface area contributed by atoms with Gasteiger partial charge in [0.15, 0.2) is 0 Å². The molecule has 0 bridgehead atoms. The molecule has 1 aliphatic carbocycles. The zero-order valence-electron chi connectivity index (χ0n) is 11.3. The summed E-state index contributed by atoms with van der Waals surface area (Å²) in [6, 6.07) is 15.5. The molecule has 1 aromatic carbocycles. The Morgan fingerprint density at radius 2 is 2.00 bits per heavy atom. The van der Waals surface area contributed by atoms with E-state index in [1.54, 1.807) is 0 Å². The molecule has 2 aromatic rings. The van der Waals surface area contributed by atoms with Gasteiger partial charge in [0.05, 0.1) is 0 Å². The summed E-state index contributed by atoms with van der Waals surface area (Å²) in [5.74, 6) is 0.827. The van der Waals surface area contributed by atoms with Gasteiger partial charge in [0, 0.05) is 23.6 Å². The number of nitrogens with one attached hydrogen (secondary N) is 1. The molecule has 0 radical (unpaired) electrons. The highest BCUT2D eigenvalue weighted by Gasteiger charge is 2.31. The van der Waals surface area contributed by atoms with E-state index in [9.17, 15) is 0 Å². The van der Waals surface area contributed by atoms with Gasteiger partial charge in [-0.05, 0) is 49.8 Å². The van der Waals surface area contributed by atoms with Gasteiger partial charge in [0.2, 0.25) is 0 Å². The zero-order chi connectivity index (χ0) is 13.1. The highest BCUT2D eigenvalue weighted by Crippen LogP contribution is 2.35. The lowest BCUT2D eigenvalue weighted by Crippen LogP contribution is -2.24. The van der Waals surface area contributed by atoms with Crippen LogP contribution in [0.2, 0.25) is 0 Å². The quantitative estimate of drug-likeness (QED) is 0.875. The Balaban J connectivity index is 1.71. The van der Waals surface area contributed by atoms with Crippen molar-refractivity contribution in [3.05, 3.63) is 59.9 Å². The first kappa shape index (κ1) is 12.2. The molecule has 2 heteroatoms. The van der Waals surface area contributed by atoms with Crippen LogP contribution in [0, 0.1) is 12.8 Å². The van der Waals surface area contributed by atoms with E-state index in [2.05, 4.69) is 52.8 Å². The molecule has 0 aliphatic heterocycles. The molecule has 0 amide bonds. The van der Waals surface area contributed by atoms with Crippen molar-refractivity contribution in [3.8, 4) is 0 Å². The van der Waals surface area contributed by atoms with Crippen LogP contribution in [0.3, 0.4) is 0 Å². The number of benzene rings is 1. The van der Waals surface area contributed by atoms with E-state index >= 15 is 0 Å². The molecule has 2 nitrogen and oxygen atoms in total. The van der Waals surface area contributed by atoms with Gasteiger partial charge in [-0.25, -0.2) is 0 Å². The Bertz CT molecular complexity index is 532. The molecule has 3 rings (SSSR count). The number of anilines is 1. The lowest BCUT2D eigenvalue weighted by molar-refractivity contribution is 0.632. The van der Waals surface area contributed by atoms with Crippen LogP contribution in [0.15, 0.2) is 48.7 Å². The molecule has 1 aliphatic rings. The number of rotatable bonds is 5. The highest BCUT2D eigenvalue weighted by atomic mass is 14.9. The van der Waals surface area contributed by atoms with Gasteiger partial charge in [0.25, 0.3) is 0 Å². The predicted molar refractivity (Wildman–Crippen MR) is 79.3 cm³/mol. The fourth-order valence-corrected chi connectivity index (χ4v) is 2.55. The smallest absolute Gasteiger partial charge is 0.0393 e. The average molecular weight is 252 g/mol. The first-order valence-electron chi connectivity index (χ1n) is 7.04. The molecular formula is C17H20N2. The minimum Gasteiger partial charge on any atom is -0.382 e. The van der Waals surface area contributed by atoms with Crippen molar-refractivity contribution < 1.29 is 0 Å². The minimum absolute atomic E-state index is 0.546. The van der Waals surface area contributed by atoms with Gasteiger partial charge in [-0.3, -0.25) is 4.98 Å². The second-order valence-electron chi connectivity index (χ2n) is 5.46. The van der Waals surface area contributed by atoms with Crippen LogP contribution in [-0.4, -0.2) is 11.0 Å². The van der Waals surface area contributed by atoms with E-state index in [0.29, 0.717) is 6.04 Å². The van der Waals surface area contributed by atoms with Crippen LogP contribution in [0.1, 0.15) is 24.1 Å². The summed E-state index contributed by atoms with van der Waals surface area (Å²) in [6.07, 6.45) is 5.69. The van der Waals surface area contributed by atoms with E-state index in [0.717, 1.165) is 18.0 Å². The number of hydrogen-bond acceptors (Lipinski definition) is 2. The third kappa shape index (κ3) is 3.34. The fourth-order valence-electron chi connectivity index (χ4n) is 2.55. The molecule has 1 atom stereocenters. The lowest BCUT2D eigenvalue weighted by Gasteiger charge is -2.20. The maximum Gasteiger partial charge on any atom is 0.0393 e. The summed E-state index contributed by atoms with van der Waals surface area (Å²) in [4.78, 5) is 4.25. The molecule has 1 N–H and O–H groups in total. The average Bonchev–Trinajstić information content (AvgIpc) is 3.23. The molecule has 1 heterocycles. The third-order valence-corrected chi connectivity index (χ3v) is 3.74. The molecule has 1 saturated carbocycles. The summed E-state index contributed by atoms with van der Waals surface area (Å²) in [6.45, 7) is 2.04. The van der Waals surface area contributed by atoms with Crippen molar-refractivity contribution in [2.75, 3.05) is 5.32 Å². The minimum atomic E-state index is 0.546. The normalized spacial score (nSPS) is 16.1. The van der Waals surface area contributed by atoms with Crippen molar-refractivity contribution in [2.24, 2.45) is 5.92 Å². The standard InChI is InChI=1S/C17H20N2/c1-13-11-16(9-10-18-13)19-17(15-7-8-15)12-14-5-3-2-4-6-14/h2-6,9-11,15,17H,7-8,12H2,1H3,(H,18,19). The van der Waals surface area contributed by atoms with Gasteiger partial charge >= 0.3 is 0 Å². The Kier molecular flexibility index (Phi) is 3.49. The largest absolute Gasteiger partial charge is 0.382 e. The second kappa shape index (κ2) is 5.43. The lowest BCUT2D eigenvalue weighted by atomic mass is 10.0. The van der Waals surface area contributed by atoms with Crippen LogP contribution < -0.4 is 5.32 Å². The van der Waals surface area contributed by atoms with Crippen molar-refractivity contribution >= 4 is 5.69 Å². The second-order valence-corrected chi connectivity index (χ2v) is 5.46. The topological polar surface area (TPSA) is 24.9 Å². The number of pyridine rings is 1. The van der Waals surface area contributed by atoms with E-state index < -0.39 is 0 Å². The van der Waals surface area contributed by atoms with E-state index in [4.69, 9.17) is 0 Å². The molecular weight excluding hydrogens is 232 g/mol. The Labute approximate surface area is 114 Å². The Hall–Kier alpha value is -1.83. The summed E-state index contributed by atoms with van der Waals surface area (Å²) in [7, 11) is 0. The Morgan fingerprint density at radius 1 is 1.21 bits per heavy atom. The summed E-state index contributed by atoms with van der Waals surface area (Å²) >= 11 is 0. The summed E-state index contributed by atoms with van der Waals surface area (Å²) in [5.41, 5.74) is 3.68. The molecule has 1 unspecified atom stereocenters. The van der Waals surface area contributed by atoms with Gasteiger partial charge in [-0.15, -0.1) is 0 Å². The van der Waals surface area contributed by atoms with Crippen LogP contribution >= 0.6 is 0 Å². The van der Waals surface area contributed by atoms with Gasteiger partial charge in [-0.1, -0.05) is 30.3 Å². The third-order valence-electron chi connectivity index (χ3n) is 3.74. The van der Waals surface area contributed by atoms with Crippen LogP contribution in [-0.2, 0) is 6.42 Å². The summed E-state index contributed by atoms with van der Waals surface area (Å²) in [5, 5.41) is 3.69. The maximum absolute atomic E-state index is 4.25. The van der Waals surface area contributed by atoms with Crippen LogP contribution in [0.5, 0.6) is 0 Å². The van der Waals surface area contributed by atoms with E-state index in [1.807, 2.05) is 13.1 Å². The first-order chi connectivity index (χ1) is 9.31. The SMILES string of the molecule is Cc1cc(NC(Cc2ccccc2)C2CC2)ccn1. The summed E-state index contributed by atoms with van der Waals surface area (Å²) < 4.78 is 0. The number of aryl methyl sites for hydroxylation is 1. The molecule has 0 saturated heterocycles.